The van der Waals surface area contributed by atoms with Crippen molar-refractivity contribution in [3.05, 3.63) is 126 Å². The molecule has 0 bridgehead atoms. The summed E-state index contributed by atoms with van der Waals surface area (Å²) in [5, 5.41) is 0. The molecule has 216 valence electrons. The van der Waals surface area contributed by atoms with E-state index in [0.29, 0.717) is 38.7 Å². The van der Waals surface area contributed by atoms with Gasteiger partial charge in [0.2, 0.25) is 0 Å². The molecule has 8 nitrogen and oxygen atoms in total. The number of esters is 1. The average molecular weight is 585 g/mol. The molecule has 1 aliphatic rings. The number of hydrogen-bond acceptors (Lipinski definition) is 8. The SMILES string of the molecule is COCCOC(=O)C1=C(C)N=c2sc(=Cc3ccccc3OCc3ccc(C)cc3)c(=O)n2C1c1ccccc1OC. The molecular formula is C33H32N2O6S. The van der Waals surface area contributed by atoms with Gasteiger partial charge in [0.05, 0.1) is 29.5 Å². The number of nitrogens with zero attached hydrogens (tertiary/aromatic N) is 2. The largest absolute Gasteiger partial charge is 0.496 e. The Morgan fingerprint density at radius 2 is 1.67 bits per heavy atom. The number of ether oxygens (including phenoxy) is 4. The van der Waals surface area contributed by atoms with Gasteiger partial charge in [-0.05, 0) is 37.6 Å². The second-order valence-electron chi connectivity index (χ2n) is 9.76. The van der Waals surface area contributed by atoms with Crippen LogP contribution in [-0.2, 0) is 20.9 Å². The second-order valence-corrected chi connectivity index (χ2v) is 10.8. The van der Waals surface area contributed by atoms with E-state index in [2.05, 4.69) is 4.99 Å². The zero-order valence-electron chi connectivity index (χ0n) is 24.0. The highest BCUT2D eigenvalue weighted by Crippen LogP contribution is 2.35. The average Bonchev–Trinajstić information content (AvgIpc) is 3.30. The summed E-state index contributed by atoms with van der Waals surface area (Å²) in [6.07, 6.45) is 1.81. The molecule has 1 aliphatic heterocycles. The van der Waals surface area contributed by atoms with Gasteiger partial charge in [-0.15, -0.1) is 0 Å². The first-order chi connectivity index (χ1) is 20.4. The van der Waals surface area contributed by atoms with Crippen molar-refractivity contribution in [1.29, 1.82) is 0 Å². The lowest BCUT2D eigenvalue weighted by molar-refractivity contribution is -0.140. The Hall–Kier alpha value is -4.47. The number of para-hydroxylation sites is 2. The Morgan fingerprint density at radius 1 is 0.952 bits per heavy atom. The Kier molecular flexibility index (Phi) is 9.00. The highest BCUT2D eigenvalue weighted by atomic mass is 32.1. The van der Waals surface area contributed by atoms with Gasteiger partial charge in [0.25, 0.3) is 5.56 Å². The predicted molar refractivity (Wildman–Crippen MR) is 162 cm³/mol. The lowest BCUT2D eigenvalue weighted by atomic mass is 9.95. The summed E-state index contributed by atoms with van der Waals surface area (Å²) >= 11 is 1.26. The minimum absolute atomic E-state index is 0.0779. The van der Waals surface area contributed by atoms with Gasteiger partial charge in [-0.25, -0.2) is 9.79 Å². The Bertz CT molecular complexity index is 1800. The molecule has 5 rings (SSSR count). The second kappa shape index (κ2) is 13.0. The standard InChI is InChI=1S/C33H32N2O6S/c1-21-13-15-23(16-14-21)20-41-26-11-7-5-9-24(26)19-28-31(36)35-30(25-10-6-8-12-27(25)39-4)29(22(2)34-33(35)42-28)32(37)40-18-17-38-3/h5-16,19,30H,17-18,20H2,1-4H3. The molecule has 1 aromatic heterocycles. The number of rotatable bonds is 10. The molecule has 0 saturated heterocycles. The van der Waals surface area contributed by atoms with E-state index in [9.17, 15) is 9.59 Å². The summed E-state index contributed by atoms with van der Waals surface area (Å²) in [6, 6.07) is 22.3. The molecule has 0 saturated carbocycles. The highest BCUT2D eigenvalue weighted by Gasteiger charge is 2.35. The zero-order chi connectivity index (χ0) is 29.6. The van der Waals surface area contributed by atoms with Crippen LogP contribution in [0.25, 0.3) is 6.08 Å². The van der Waals surface area contributed by atoms with Crippen LogP contribution in [0.15, 0.2) is 93.9 Å². The fourth-order valence-corrected chi connectivity index (χ4v) is 5.82. The summed E-state index contributed by atoms with van der Waals surface area (Å²) in [5.41, 5.74) is 4.12. The van der Waals surface area contributed by atoms with E-state index in [-0.39, 0.29) is 24.3 Å². The van der Waals surface area contributed by atoms with Crippen LogP contribution in [0.4, 0.5) is 0 Å². The number of allylic oxidation sites excluding steroid dienone is 1. The van der Waals surface area contributed by atoms with Crippen molar-refractivity contribution >= 4 is 23.4 Å². The number of fused-ring (bicyclic) bond motifs is 1. The van der Waals surface area contributed by atoms with Crippen molar-refractivity contribution in [1.82, 2.24) is 4.57 Å². The number of thiazole rings is 1. The predicted octanol–water partition coefficient (Wildman–Crippen LogP) is 4.32. The fraction of sp³-hybridized carbons (Fsp3) is 0.242. The molecule has 0 radical (unpaired) electrons. The van der Waals surface area contributed by atoms with Crippen molar-refractivity contribution in [3.63, 3.8) is 0 Å². The van der Waals surface area contributed by atoms with Crippen molar-refractivity contribution < 1.29 is 23.7 Å². The van der Waals surface area contributed by atoms with Crippen LogP contribution in [-0.4, -0.2) is 38.0 Å². The van der Waals surface area contributed by atoms with Gasteiger partial charge in [0, 0.05) is 18.2 Å². The summed E-state index contributed by atoms with van der Waals surface area (Å²) in [5.74, 6) is 0.640. The third-order valence-electron chi connectivity index (χ3n) is 6.92. The first-order valence-corrected chi connectivity index (χ1v) is 14.3. The van der Waals surface area contributed by atoms with Gasteiger partial charge in [0.15, 0.2) is 4.80 Å². The highest BCUT2D eigenvalue weighted by molar-refractivity contribution is 7.07. The van der Waals surface area contributed by atoms with Crippen LogP contribution in [0.5, 0.6) is 11.5 Å². The number of aromatic nitrogens is 1. The number of benzene rings is 3. The van der Waals surface area contributed by atoms with E-state index in [0.717, 1.165) is 11.1 Å². The summed E-state index contributed by atoms with van der Waals surface area (Å²) in [6.45, 7) is 4.52. The number of methoxy groups -OCH3 is 2. The quantitative estimate of drug-likeness (QED) is 0.204. The van der Waals surface area contributed by atoms with Gasteiger partial charge in [-0.3, -0.25) is 9.36 Å². The van der Waals surface area contributed by atoms with Gasteiger partial charge in [-0.1, -0.05) is 77.6 Å². The Balaban J connectivity index is 1.59. The molecule has 4 aromatic rings. The summed E-state index contributed by atoms with van der Waals surface area (Å²) < 4.78 is 24.3. The fourth-order valence-electron chi connectivity index (χ4n) is 4.78. The van der Waals surface area contributed by atoms with E-state index in [1.54, 1.807) is 24.7 Å². The van der Waals surface area contributed by atoms with Gasteiger partial charge < -0.3 is 18.9 Å². The molecule has 0 amide bonds. The van der Waals surface area contributed by atoms with Crippen LogP contribution in [0.3, 0.4) is 0 Å². The van der Waals surface area contributed by atoms with E-state index in [4.69, 9.17) is 18.9 Å². The van der Waals surface area contributed by atoms with Crippen LogP contribution in [0, 0.1) is 6.92 Å². The first-order valence-electron chi connectivity index (χ1n) is 13.5. The van der Waals surface area contributed by atoms with Crippen LogP contribution >= 0.6 is 11.3 Å². The molecule has 3 aromatic carbocycles. The normalized spacial score (nSPS) is 14.8. The minimum atomic E-state index is -0.789. The van der Waals surface area contributed by atoms with Gasteiger partial charge >= 0.3 is 5.97 Å². The minimum Gasteiger partial charge on any atom is -0.496 e. The van der Waals surface area contributed by atoms with Crippen molar-refractivity contribution in [2.75, 3.05) is 27.4 Å². The van der Waals surface area contributed by atoms with Gasteiger partial charge in [-0.2, -0.15) is 0 Å². The summed E-state index contributed by atoms with van der Waals surface area (Å²) in [7, 11) is 3.09. The molecule has 42 heavy (non-hydrogen) atoms. The molecule has 1 atom stereocenters. The number of carbonyl (C=O) groups excluding carboxylic acids is 1. The van der Waals surface area contributed by atoms with E-state index >= 15 is 0 Å². The van der Waals surface area contributed by atoms with Crippen LogP contribution < -0.4 is 24.4 Å². The number of aryl methyl sites for hydroxylation is 1. The first kappa shape index (κ1) is 29.0. The van der Waals surface area contributed by atoms with Crippen LogP contribution in [0.2, 0.25) is 0 Å². The lowest BCUT2D eigenvalue weighted by Crippen LogP contribution is -2.40. The molecular weight excluding hydrogens is 552 g/mol. The smallest absolute Gasteiger partial charge is 0.338 e. The molecule has 0 N–H and O–H groups in total. The molecule has 0 fully saturated rings. The van der Waals surface area contributed by atoms with Crippen LogP contribution in [0.1, 0.15) is 35.2 Å². The maximum absolute atomic E-state index is 14.1. The molecule has 0 spiro atoms. The molecule has 1 unspecified atom stereocenters. The van der Waals surface area contributed by atoms with E-state index in [1.807, 2.05) is 79.7 Å². The number of hydrogen-bond donors (Lipinski definition) is 0. The maximum Gasteiger partial charge on any atom is 0.338 e. The third-order valence-corrected chi connectivity index (χ3v) is 7.90. The zero-order valence-corrected chi connectivity index (χ0v) is 24.8. The molecule has 2 heterocycles. The Labute approximate surface area is 247 Å². The monoisotopic (exact) mass is 584 g/mol. The molecule has 0 aliphatic carbocycles. The van der Waals surface area contributed by atoms with Crippen molar-refractivity contribution in [2.45, 2.75) is 26.5 Å². The third kappa shape index (κ3) is 6.07. The number of carbonyl (C=O) groups is 1. The maximum atomic E-state index is 14.1. The van der Waals surface area contributed by atoms with Crippen molar-refractivity contribution in [2.24, 2.45) is 4.99 Å². The summed E-state index contributed by atoms with van der Waals surface area (Å²) in [4.78, 5) is 32.6. The van der Waals surface area contributed by atoms with E-state index in [1.165, 1.54) is 24.0 Å². The van der Waals surface area contributed by atoms with Crippen molar-refractivity contribution in [3.8, 4) is 11.5 Å². The lowest BCUT2D eigenvalue weighted by Gasteiger charge is -2.26. The molecule has 9 heteroatoms. The topological polar surface area (TPSA) is 88.4 Å². The van der Waals surface area contributed by atoms with E-state index < -0.39 is 12.0 Å². The Morgan fingerprint density at radius 3 is 2.40 bits per heavy atom. The van der Waals surface area contributed by atoms with Gasteiger partial charge in [0.1, 0.15) is 30.8 Å².